The summed E-state index contributed by atoms with van der Waals surface area (Å²) in [6.45, 7) is 6.69. The van der Waals surface area contributed by atoms with E-state index in [1.165, 1.54) is 64.2 Å². The van der Waals surface area contributed by atoms with Gasteiger partial charge in [-0.15, -0.1) is 0 Å². The molecule has 1 atom stereocenters. The van der Waals surface area contributed by atoms with Gasteiger partial charge in [-0.25, -0.2) is 0 Å². The van der Waals surface area contributed by atoms with Crippen LogP contribution in [0.15, 0.2) is 0 Å². The average Bonchev–Trinajstić information content (AvgIpc) is 2.35. The van der Waals surface area contributed by atoms with Gasteiger partial charge in [-0.3, -0.25) is 0 Å². The second-order valence-corrected chi connectivity index (χ2v) is 6.22. The van der Waals surface area contributed by atoms with Gasteiger partial charge in [-0.05, 0) is 18.8 Å². The highest BCUT2D eigenvalue weighted by Crippen LogP contribution is 2.14. The van der Waals surface area contributed by atoms with Gasteiger partial charge >= 0.3 is 0 Å². The van der Waals surface area contributed by atoms with Crippen LogP contribution >= 0.6 is 0 Å². The summed E-state index contributed by atoms with van der Waals surface area (Å²) in [6, 6.07) is 0. The first-order chi connectivity index (χ1) is 8.66. The van der Waals surface area contributed by atoms with E-state index in [9.17, 15) is 5.11 Å². The van der Waals surface area contributed by atoms with Crippen molar-refractivity contribution in [3.8, 4) is 0 Å². The summed E-state index contributed by atoms with van der Waals surface area (Å²) >= 11 is 0. The zero-order chi connectivity index (χ0) is 13.6. The van der Waals surface area contributed by atoms with Crippen molar-refractivity contribution in [2.75, 3.05) is 0 Å². The minimum atomic E-state index is -0.0500. The van der Waals surface area contributed by atoms with Crippen LogP contribution in [0, 0.1) is 5.92 Å². The van der Waals surface area contributed by atoms with Crippen molar-refractivity contribution in [3.63, 3.8) is 0 Å². The average molecular weight is 256 g/mol. The first-order valence-corrected chi connectivity index (χ1v) is 8.34. The summed E-state index contributed by atoms with van der Waals surface area (Å²) in [7, 11) is 0. The Morgan fingerprint density at radius 2 is 1.06 bits per heavy atom. The summed E-state index contributed by atoms with van der Waals surface area (Å²) < 4.78 is 0. The normalized spacial score (nSPS) is 13.2. The largest absolute Gasteiger partial charge is 0.393 e. The molecule has 1 unspecified atom stereocenters. The minimum absolute atomic E-state index is 0.0500. The zero-order valence-electron chi connectivity index (χ0n) is 13.1. The molecule has 0 amide bonds. The highest BCUT2D eigenvalue weighted by atomic mass is 16.3. The Labute approximate surface area is 115 Å². The molecule has 0 rings (SSSR count). The molecule has 1 heteroatoms. The van der Waals surface area contributed by atoms with E-state index in [1.807, 2.05) is 0 Å². The summed E-state index contributed by atoms with van der Waals surface area (Å²) in [5, 5.41) is 9.42. The Morgan fingerprint density at radius 3 is 1.44 bits per heavy atom. The number of aliphatic hydroxyl groups excluding tert-OH is 1. The van der Waals surface area contributed by atoms with E-state index in [0.717, 1.165) is 18.8 Å². The fourth-order valence-corrected chi connectivity index (χ4v) is 2.37. The van der Waals surface area contributed by atoms with Crippen molar-refractivity contribution < 1.29 is 5.11 Å². The molecule has 0 radical (unpaired) electrons. The van der Waals surface area contributed by atoms with Crippen molar-refractivity contribution in [1.82, 2.24) is 0 Å². The van der Waals surface area contributed by atoms with E-state index >= 15 is 0 Å². The van der Waals surface area contributed by atoms with Crippen LogP contribution in [0.4, 0.5) is 0 Å². The summed E-state index contributed by atoms with van der Waals surface area (Å²) in [6.07, 6.45) is 15.7. The van der Waals surface area contributed by atoms with Crippen LogP contribution in [-0.4, -0.2) is 11.2 Å². The van der Waals surface area contributed by atoms with Crippen LogP contribution < -0.4 is 0 Å². The van der Waals surface area contributed by atoms with Gasteiger partial charge in [0, 0.05) is 0 Å². The third-order valence-corrected chi connectivity index (χ3v) is 3.79. The lowest BCUT2D eigenvalue weighted by atomic mass is 10.0. The maximum atomic E-state index is 9.42. The summed E-state index contributed by atoms with van der Waals surface area (Å²) in [4.78, 5) is 0. The lowest BCUT2D eigenvalue weighted by molar-refractivity contribution is 0.156. The van der Waals surface area contributed by atoms with E-state index < -0.39 is 0 Å². The van der Waals surface area contributed by atoms with Crippen LogP contribution in [-0.2, 0) is 0 Å². The Bertz CT molecular complexity index is 154. The smallest absolute Gasteiger partial charge is 0.0537 e. The van der Waals surface area contributed by atoms with E-state index in [4.69, 9.17) is 0 Å². The molecule has 0 aromatic carbocycles. The Morgan fingerprint density at radius 1 is 0.667 bits per heavy atom. The lowest BCUT2D eigenvalue weighted by Gasteiger charge is -2.07. The fourth-order valence-electron chi connectivity index (χ4n) is 2.37. The standard InChI is InChI=1S/C17H36O/c1-4-17(18)15-13-11-9-7-5-6-8-10-12-14-16(2)3/h16-18H,4-15H2,1-3H3. The molecular formula is C17H36O. The second-order valence-electron chi connectivity index (χ2n) is 6.22. The molecule has 0 fully saturated rings. The van der Waals surface area contributed by atoms with Crippen molar-refractivity contribution in [1.29, 1.82) is 0 Å². The molecule has 0 saturated carbocycles. The van der Waals surface area contributed by atoms with E-state index in [-0.39, 0.29) is 6.10 Å². The van der Waals surface area contributed by atoms with Crippen molar-refractivity contribution in [2.45, 2.75) is 104 Å². The molecule has 1 nitrogen and oxygen atoms in total. The van der Waals surface area contributed by atoms with E-state index in [0.29, 0.717) is 0 Å². The number of aliphatic hydroxyl groups is 1. The SMILES string of the molecule is CCC(O)CCCCCCCCCCCC(C)C. The maximum absolute atomic E-state index is 9.42. The summed E-state index contributed by atoms with van der Waals surface area (Å²) in [5.74, 6) is 0.878. The van der Waals surface area contributed by atoms with Crippen molar-refractivity contribution >= 4 is 0 Å². The van der Waals surface area contributed by atoms with Gasteiger partial charge in [0.05, 0.1) is 6.10 Å². The van der Waals surface area contributed by atoms with Gasteiger partial charge in [0.15, 0.2) is 0 Å². The molecule has 0 aromatic heterocycles. The third kappa shape index (κ3) is 14.0. The van der Waals surface area contributed by atoms with Crippen molar-refractivity contribution in [2.24, 2.45) is 5.92 Å². The van der Waals surface area contributed by atoms with Crippen molar-refractivity contribution in [3.05, 3.63) is 0 Å². The van der Waals surface area contributed by atoms with E-state index in [1.54, 1.807) is 0 Å². The van der Waals surface area contributed by atoms with Crippen LogP contribution in [0.5, 0.6) is 0 Å². The van der Waals surface area contributed by atoms with Crippen LogP contribution in [0.2, 0.25) is 0 Å². The Balaban J connectivity index is 2.99. The number of hydrogen-bond acceptors (Lipinski definition) is 1. The first-order valence-electron chi connectivity index (χ1n) is 8.34. The van der Waals surface area contributed by atoms with Gasteiger partial charge in [0.2, 0.25) is 0 Å². The molecule has 1 N–H and O–H groups in total. The van der Waals surface area contributed by atoms with Gasteiger partial charge in [0.25, 0.3) is 0 Å². The topological polar surface area (TPSA) is 20.2 Å². The fraction of sp³-hybridized carbons (Fsp3) is 1.00. The highest BCUT2D eigenvalue weighted by molar-refractivity contribution is 4.54. The second kappa shape index (κ2) is 13.4. The van der Waals surface area contributed by atoms with Gasteiger partial charge < -0.3 is 5.11 Å². The molecule has 0 heterocycles. The molecule has 0 aliphatic carbocycles. The first kappa shape index (κ1) is 18.0. The quantitative estimate of drug-likeness (QED) is 0.419. The Hall–Kier alpha value is -0.0400. The predicted octanol–water partition coefficient (Wildman–Crippen LogP) is 5.70. The minimum Gasteiger partial charge on any atom is -0.393 e. The highest BCUT2D eigenvalue weighted by Gasteiger charge is 1.99. The molecule has 0 spiro atoms. The third-order valence-electron chi connectivity index (χ3n) is 3.79. The maximum Gasteiger partial charge on any atom is 0.0537 e. The van der Waals surface area contributed by atoms with Gasteiger partial charge in [-0.1, -0.05) is 85.0 Å². The van der Waals surface area contributed by atoms with Gasteiger partial charge in [-0.2, -0.15) is 0 Å². The van der Waals surface area contributed by atoms with Crippen LogP contribution in [0.3, 0.4) is 0 Å². The van der Waals surface area contributed by atoms with E-state index in [2.05, 4.69) is 20.8 Å². The summed E-state index contributed by atoms with van der Waals surface area (Å²) in [5.41, 5.74) is 0. The monoisotopic (exact) mass is 256 g/mol. The zero-order valence-corrected chi connectivity index (χ0v) is 13.1. The van der Waals surface area contributed by atoms with Crippen LogP contribution in [0.25, 0.3) is 0 Å². The number of hydrogen-bond donors (Lipinski definition) is 1. The van der Waals surface area contributed by atoms with Gasteiger partial charge in [0.1, 0.15) is 0 Å². The molecular weight excluding hydrogens is 220 g/mol. The molecule has 0 saturated heterocycles. The predicted molar refractivity (Wildman–Crippen MR) is 81.9 cm³/mol. The van der Waals surface area contributed by atoms with Crippen LogP contribution in [0.1, 0.15) is 97.8 Å². The number of unbranched alkanes of at least 4 members (excludes halogenated alkanes) is 8. The molecule has 0 aliphatic rings. The molecule has 0 aliphatic heterocycles. The number of rotatable bonds is 13. The molecule has 18 heavy (non-hydrogen) atoms. The molecule has 0 bridgehead atoms. The molecule has 110 valence electrons. The molecule has 0 aromatic rings. The lowest BCUT2D eigenvalue weighted by Crippen LogP contribution is -2.03. The Kier molecular flexibility index (Phi) is 13.4.